The van der Waals surface area contributed by atoms with Gasteiger partial charge in [0.2, 0.25) is 0 Å². The molecule has 0 radical (unpaired) electrons. The number of nitrogens with zero attached hydrogens (tertiary/aromatic N) is 1. The van der Waals surface area contributed by atoms with Crippen LogP contribution >= 0.6 is 0 Å². The van der Waals surface area contributed by atoms with Crippen molar-refractivity contribution in [1.29, 1.82) is 0 Å². The van der Waals surface area contributed by atoms with E-state index in [1.54, 1.807) is 12.1 Å². The van der Waals surface area contributed by atoms with Crippen molar-refractivity contribution < 1.29 is 5.11 Å². The Morgan fingerprint density at radius 3 is 2.28 bits per heavy atom. The second-order valence-corrected chi connectivity index (χ2v) is 5.83. The molecule has 102 valence electrons. The lowest BCUT2D eigenvalue weighted by atomic mass is 9.96. The monoisotopic (exact) mass is 249 g/mol. The molecule has 1 aromatic rings. The molecule has 2 nitrogen and oxygen atoms in total. The fourth-order valence-corrected chi connectivity index (χ4v) is 2.08. The van der Waals surface area contributed by atoms with Crippen molar-refractivity contribution in [3.8, 4) is 5.75 Å². The van der Waals surface area contributed by atoms with Gasteiger partial charge >= 0.3 is 0 Å². The van der Waals surface area contributed by atoms with Crippen molar-refractivity contribution in [3.05, 3.63) is 29.8 Å². The van der Waals surface area contributed by atoms with Gasteiger partial charge in [-0.3, -0.25) is 4.90 Å². The van der Waals surface area contributed by atoms with Gasteiger partial charge in [0.25, 0.3) is 0 Å². The standard InChI is InChI=1S/C16H27NO/c1-6-16(3,4)17(5)13(2)7-8-14-9-11-15(18)12-10-14/h9-13,18H,6-8H2,1-5H3. The van der Waals surface area contributed by atoms with Gasteiger partial charge in [0.15, 0.2) is 0 Å². The average Bonchev–Trinajstić information content (AvgIpc) is 2.36. The molecule has 1 rings (SSSR count). The molecule has 0 saturated carbocycles. The number of hydrogen-bond acceptors (Lipinski definition) is 2. The summed E-state index contributed by atoms with van der Waals surface area (Å²) in [6.45, 7) is 9.12. The zero-order valence-electron chi connectivity index (χ0n) is 12.4. The molecule has 0 heterocycles. The van der Waals surface area contributed by atoms with E-state index in [9.17, 15) is 5.11 Å². The van der Waals surface area contributed by atoms with Crippen LogP contribution in [-0.2, 0) is 6.42 Å². The van der Waals surface area contributed by atoms with Gasteiger partial charge in [0.1, 0.15) is 5.75 Å². The van der Waals surface area contributed by atoms with Crippen LogP contribution in [0.25, 0.3) is 0 Å². The molecule has 0 amide bonds. The van der Waals surface area contributed by atoms with Crippen LogP contribution in [0.2, 0.25) is 0 Å². The van der Waals surface area contributed by atoms with Gasteiger partial charge in [-0.1, -0.05) is 19.1 Å². The fourth-order valence-electron chi connectivity index (χ4n) is 2.08. The molecule has 1 unspecified atom stereocenters. The minimum Gasteiger partial charge on any atom is -0.508 e. The molecule has 0 aromatic heterocycles. The van der Waals surface area contributed by atoms with Crippen LogP contribution < -0.4 is 0 Å². The minimum atomic E-state index is 0.258. The lowest BCUT2D eigenvalue weighted by molar-refractivity contribution is 0.101. The molecular weight excluding hydrogens is 222 g/mol. The maximum atomic E-state index is 9.25. The molecule has 0 spiro atoms. The predicted octanol–water partition coefficient (Wildman–Crippen LogP) is 3.83. The summed E-state index contributed by atoms with van der Waals surface area (Å²) in [6.07, 6.45) is 3.36. The number of hydrogen-bond donors (Lipinski definition) is 1. The zero-order valence-corrected chi connectivity index (χ0v) is 12.4. The second-order valence-electron chi connectivity index (χ2n) is 5.83. The number of aryl methyl sites for hydroxylation is 1. The Morgan fingerprint density at radius 2 is 1.78 bits per heavy atom. The number of phenols is 1. The van der Waals surface area contributed by atoms with Gasteiger partial charge < -0.3 is 5.11 Å². The van der Waals surface area contributed by atoms with Crippen molar-refractivity contribution in [1.82, 2.24) is 4.90 Å². The van der Waals surface area contributed by atoms with Gasteiger partial charge in [-0.15, -0.1) is 0 Å². The Labute approximate surface area is 112 Å². The van der Waals surface area contributed by atoms with E-state index < -0.39 is 0 Å². The maximum absolute atomic E-state index is 9.25. The Hall–Kier alpha value is -1.02. The van der Waals surface area contributed by atoms with Gasteiger partial charge in [0, 0.05) is 11.6 Å². The molecular formula is C16H27NO. The van der Waals surface area contributed by atoms with Gasteiger partial charge in [-0.25, -0.2) is 0 Å². The van der Waals surface area contributed by atoms with E-state index in [1.807, 2.05) is 12.1 Å². The molecule has 0 aliphatic rings. The first kappa shape index (κ1) is 15.0. The van der Waals surface area contributed by atoms with Crippen molar-refractivity contribution in [3.63, 3.8) is 0 Å². The van der Waals surface area contributed by atoms with Crippen molar-refractivity contribution >= 4 is 0 Å². The maximum Gasteiger partial charge on any atom is 0.115 e. The Kier molecular flexibility index (Phi) is 5.21. The summed E-state index contributed by atoms with van der Waals surface area (Å²) in [7, 11) is 2.21. The van der Waals surface area contributed by atoms with Gasteiger partial charge in [0.05, 0.1) is 0 Å². The summed E-state index contributed by atoms with van der Waals surface area (Å²) in [5.41, 5.74) is 1.55. The van der Waals surface area contributed by atoms with Crippen LogP contribution in [0.1, 0.15) is 46.1 Å². The normalized spacial score (nSPS) is 13.9. The molecule has 18 heavy (non-hydrogen) atoms. The molecule has 0 aliphatic carbocycles. The highest BCUT2D eigenvalue weighted by Crippen LogP contribution is 2.21. The highest BCUT2D eigenvalue weighted by molar-refractivity contribution is 5.25. The van der Waals surface area contributed by atoms with Crippen LogP contribution in [0.5, 0.6) is 5.75 Å². The van der Waals surface area contributed by atoms with E-state index in [0.29, 0.717) is 11.8 Å². The van der Waals surface area contributed by atoms with E-state index in [-0.39, 0.29) is 5.54 Å². The highest BCUT2D eigenvalue weighted by atomic mass is 16.3. The van der Waals surface area contributed by atoms with Crippen molar-refractivity contribution in [2.45, 2.75) is 58.5 Å². The molecule has 1 aromatic carbocycles. The van der Waals surface area contributed by atoms with E-state index in [0.717, 1.165) is 19.3 Å². The highest BCUT2D eigenvalue weighted by Gasteiger charge is 2.24. The summed E-state index contributed by atoms with van der Waals surface area (Å²) in [5.74, 6) is 0.344. The van der Waals surface area contributed by atoms with Crippen molar-refractivity contribution in [2.24, 2.45) is 0 Å². The topological polar surface area (TPSA) is 23.5 Å². The number of rotatable bonds is 6. The van der Waals surface area contributed by atoms with Gasteiger partial charge in [-0.2, -0.15) is 0 Å². The van der Waals surface area contributed by atoms with Crippen molar-refractivity contribution in [2.75, 3.05) is 7.05 Å². The minimum absolute atomic E-state index is 0.258. The smallest absolute Gasteiger partial charge is 0.115 e. The van der Waals surface area contributed by atoms with Crippen LogP contribution in [0.3, 0.4) is 0 Å². The van der Waals surface area contributed by atoms with Crippen LogP contribution in [0.4, 0.5) is 0 Å². The Bertz CT molecular complexity index is 356. The van der Waals surface area contributed by atoms with E-state index in [1.165, 1.54) is 5.56 Å². The van der Waals surface area contributed by atoms with E-state index >= 15 is 0 Å². The molecule has 1 atom stereocenters. The molecule has 0 aliphatic heterocycles. The van der Waals surface area contributed by atoms with E-state index in [4.69, 9.17) is 0 Å². The molecule has 0 fully saturated rings. The number of phenolic OH excluding ortho intramolecular Hbond substituents is 1. The number of aromatic hydroxyl groups is 1. The summed E-state index contributed by atoms with van der Waals surface area (Å²) in [4.78, 5) is 2.47. The van der Waals surface area contributed by atoms with Gasteiger partial charge in [-0.05, 0) is 64.8 Å². The lowest BCUT2D eigenvalue weighted by Crippen LogP contribution is -2.45. The summed E-state index contributed by atoms with van der Waals surface area (Å²) < 4.78 is 0. The summed E-state index contributed by atoms with van der Waals surface area (Å²) >= 11 is 0. The third-order valence-corrected chi connectivity index (χ3v) is 4.27. The Balaban J connectivity index is 2.50. The Morgan fingerprint density at radius 1 is 1.22 bits per heavy atom. The van der Waals surface area contributed by atoms with Crippen LogP contribution in [0, 0.1) is 0 Å². The SMILES string of the molecule is CCC(C)(C)N(C)C(C)CCc1ccc(O)cc1. The quantitative estimate of drug-likeness (QED) is 0.828. The third-order valence-electron chi connectivity index (χ3n) is 4.27. The largest absolute Gasteiger partial charge is 0.508 e. The second kappa shape index (κ2) is 6.24. The first-order valence-electron chi connectivity index (χ1n) is 6.87. The van der Waals surface area contributed by atoms with Crippen LogP contribution in [-0.4, -0.2) is 28.6 Å². The fraction of sp³-hybridized carbons (Fsp3) is 0.625. The first-order valence-corrected chi connectivity index (χ1v) is 6.87. The zero-order chi connectivity index (χ0) is 13.8. The number of benzene rings is 1. The molecule has 0 bridgehead atoms. The molecule has 1 N–H and O–H groups in total. The third kappa shape index (κ3) is 4.02. The molecule has 0 saturated heterocycles. The van der Waals surface area contributed by atoms with Crippen LogP contribution in [0.15, 0.2) is 24.3 Å². The molecule has 2 heteroatoms. The average molecular weight is 249 g/mol. The predicted molar refractivity (Wildman–Crippen MR) is 78.0 cm³/mol. The first-order chi connectivity index (χ1) is 8.36. The summed E-state index contributed by atoms with van der Waals surface area (Å²) in [5, 5.41) is 9.25. The summed E-state index contributed by atoms with van der Waals surface area (Å²) in [6, 6.07) is 8.10. The lowest BCUT2D eigenvalue weighted by Gasteiger charge is -2.39. The van der Waals surface area contributed by atoms with E-state index in [2.05, 4.69) is 39.6 Å².